The molecule has 3 aromatic rings. The molecule has 2 fully saturated rings. The second-order valence-electron chi connectivity index (χ2n) is 8.89. The average Bonchev–Trinajstić information content (AvgIpc) is 3.43. The number of pyridine rings is 1. The highest BCUT2D eigenvalue weighted by Gasteiger charge is 2.28. The van der Waals surface area contributed by atoms with E-state index >= 15 is 0 Å². The van der Waals surface area contributed by atoms with Gasteiger partial charge in [-0.25, -0.2) is 4.98 Å². The first-order valence-corrected chi connectivity index (χ1v) is 10.8. The minimum atomic E-state index is 0.393. The smallest absolute Gasteiger partial charge is 0.115 e. The van der Waals surface area contributed by atoms with Gasteiger partial charge in [-0.15, -0.1) is 0 Å². The molecule has 0 unspecified atom stereocenters. The van der Waals surface area contributed by atoms with Crippen LogP contribution >= 0.6 is 0 Å². The van der Waals surface area contributed by atoms with Gasteiger partial charge in [-0.05, 0) is 64.6 Å². The summed E-state index contributed by atoms with van der Waals surface area (Å²) in [7, 11) is 0. The van der Waals surface area contributed by atoms with E-state index in [1.807, 2.05) is 6.33 Å². The van der Waals surface area contributed by atoms with Crippen LogP contribution in [-0.4, -0.2) is 39.1 Å². The van der Waals surface area contributed by atoms with Crippen molar-refractivity contribution in [2.75, 3.05) is 19.6 Å². The molecule has 4 nitrogen and oxygen atoms in total. The number of likely N-dealkylation sites (tertiary alicyclic amines) is 1. The predicted molar refractivity (Wildman–Crippen MR) is 114 cm³/mol. The van der Waals surface area contributed by atoms with E-state index in [1.165, 1.54) is 56.5 Å². The van der Waals surface area contributed by atoms with Crippen molar-refractivity contribution in [3.63, 3.8) is 0 Å². The highest BCUT2D eigenvalue weighted by Crippen LogP contribution is 2.35. The summed E-state index contributed by atoms with van der Waals surface area (Å²) >= 11 is 0. The lowest BCUT2D eigenvalue weighted by molar-refractivity contribution is 0.203. The minimum absolute atomic E-state index is 0.393. The molecular weight excluding hydrogens is 344 g/mol. The third-order valence-corrected chi connectivity index (χ3v) is 6.40. The summed E-state index contributed by atoms with van der Waals surface area (Å²) in [5.41, 5.74) is 5.69. The number of hydrogen-bond acceptors (Lipinski definition) is 3. The Morgan fingerprint density at radius 3 is 2.46 bits per heavy atom. The summed E-state index contributed by atoms with van der Waals surface area (Å²) in [5.74, 6) is 1.54. The zero-order chi connectivity index (χ0) is 19.1. The van der Waals surface area contributed by atoms with Gasteiger partial charge in [-0.1, -0.05) is 30.3 Å². The molecule has 2 aromatic heterocycles. The van der Waals surface area contributed by atoms with Crippen molar-refractivity contribution in [2.24, 2.45) is 5.92 Å². The molecule has 0 N–H and O–H groups in total. The Labute approximate surface area is 167 Å². The van der Waals surface area contributed by atoms with Crippen LogP contribution in [0, 0.1) is 5.92 Å². The van der Waals surface area contributed by atoms with Crippen LogP contribution in [-0.2, 0) is 0 Å². The monoisotopic (exact) mass is 374 g/mol. The highest BCUT2D eigenvalue weighted by atomic mass is 15.1. The Kier molecular flexibility index (Phi) is 4.67. The number of imidazole rings is 1. The molecule has 5 rings (SSSR count). The molecule has 28 heavy (non-hydrogen) atoms. The third kappa shape index (κ3) is 3.46. The van der Waals surface area contributed by atoms with Crippen LogP contribution < -0.4 is 0 Å². The topological polar surface area (TPSA) is 34.0 Å². The van der Waals surface area contributed by atoms with E-state index < -0.39 is 0 Å². The molecular formula is C24H30N4. The lowest BCUT2D eigenvalue weighted by Crippen LogP contribution is -2.34. The van der Waals surface area contributed by atoms with Gasteiger partial charge in [0.1, 0.15) is 5.52 Å². The molecule has 146 valence electrons. The van der Waals surface area contributed by atoms with Crippen molar-refractivity contribution < 1.29 is 0 Å². The maximum atomic E-state index is 5.17. The van der Waals surface area contributed by atoms with E-state index in [0.717, 1.165) is 22.7 Å². The van der Waals surface area contributed by atoms with Gasteiger partial charge in [-0.3, -0.25) is 4.98 Å². The summed E-state index contributed by atoms with van der Waals surface area (Å²) < 4.78 is 2.29. The summed E-state index contributed by atoms with van der Waals surface area (Å²) in [4.78, 5) is 12.6. The van der Waals surface area contributed by atoms with Crippen molar-refractivity contribution >= 4 is 11.0 Å². The molecule has 0 bridgehead atoms. The third-order valence-electron chi connectivity index (χ3n) is 6.40. The van der Waals surface area contributed by atoms with E-state index in [9.17, 15) is 0 Å². The van der Waals surface area contributed by atoms with Crippen LogP contribution in [0.4, 0.5) is 0 Å². The molecule has 0 amide bonds. The van der Waals surface area contributed by atoms with Gasteiger partial charge in [0.15, 0.2) is 0 Å². The molecule has 0 radical (unpaired) electrons. The summed E-state index contributed by atoms with van der Waals surface area (Å²) in [6.45, 7) is 8.18. The van der Waals surface area contributed by atoms with Crippen molar-refractivity contribution in [3.8, 4) is 11.3 Å². The fourth-order valence-electron chi connectivity index (χ4n) is 4.55. The normalized spacial score (nSPS) is 19.0. The van der Waals surface area contributed by atoms with Crippen molar-refractivity contribution in [3.05, 3.63) is 48.4 Å². The van der Waals surface area contributed by atoms with Crippen LogP contribution in [0.1, 0.15) is 57.2 Å². The van der Waals surface area contributed by atoms with Crippen LogP contribution in [0.15, 0.2) is 42.7 Å². The Hall–Kier alpha value is -2.20. The van der Waals surface area contributed by atoms with E-state index in [4.69, 9.17) is 9.97 Å². The minimum Gasteiger partial charge on any atom is -0.328 e. The van der Waals surface area contributed by atoms with Crippen LogP contribution in [0.5, 0.6) is 0 Å². The Morgan fingerprint density at radius 1 is 1.04 bits per heavy atom. The first-order valence-electron chi connectivity index (χ1n) is 10.8. The molecule has 3 heterocycles. The average molecular weight is 375 g/mol. The first kappa shape index (κ1) is 17.9. The van der Waals surface area contributed by atoms with E-state index in [2.05, 4.69) is 59.7 Å². The molecule has 2 aliphatic rings. The second-order valence-corrected chi connectivity index (χ2v) is 8.89. The SMILES string of the molecule is CC(C)n1cnc2c(-c3ccccc3)nc(C3CCN(CC4CC4)CC3)cc21. The fourth-order valence-corrected chi connectivity index (χ4v) is 4.55. The van der Waals surface area contributed by atoms with Gasteiger partial charge in [0, 0.05) is 29.8 Å². The van der Waals surface area contributed by atoms with Crippen LogP contribution in [0.25, 0.3) is 22.3 Å². The Bertz CT molecular complexity index is 947. The number of rotatable bonds is 5. The summed E-state index contributed by atoms with van der Waals surface area (Å²) in [5, 5.41) is 0. The number of fused-ring (bicyclic) bond motifs is 1. The first-order chi connectivity index (χ1) is 13.7. The maximum absolute atomic E-state index is 5.17. The lowest BCUT2D eigenvalue weighted by atomic mass is 9.92. The Morgan fingerprint density at radius 2 is 1.79 bits per heavy atom. The second kappa shape index (κ2) is 7.32. The van der Waals surface area contributed by atoms with Gasteiger partial charge in [0.25, 0.3) is 0 Å². The van der Waals surface area contributed by atoms with Crippen molar-refractivity contribution in [1.82, 2.24) is 19.4 Å². The quantitative estimate of drug-likeness (QED) is 0.610. The van der Waals surface area contributed by atoms with E-state index in [-0.39, 0.29) is 0 Å². The zero-order valence-electron chi connectivity index (χ0n) is 17.0. The molecule has 1 aromatic carbocycles. The molecule has 0 atom stereocenters. The van der Waals surface area contributed by atoms with Gasteiger partial charge in [0.2, 0.25) is 0 Å². The molecule has 1 aliphatic heterocycles. The molecule has 4 heteroatoms. The Balaban J connectivity index is 1.51. The number of benzene rings is 1. The van der Waals surface area contributed by atoms with Crippen LogP contribution in [0.3, 0.4) is 0 Å². The molecule has 1 saturated carbocycles. The van der Waals surface area contributed by atoms with Crippen molar-refractivity contribution in [1.29, 1.82) is 0 Å². The van der Waals surface area contributed by atoms with Gasteiger partial charge >= 0.3 is 0 Å². The largest absolute Gasteiger partial charge is 0.328 e. The predicted octanol–water partition coefficient (Wildman–Crippen LogP) is 5.27. The number of nitrogens with zero attached hydrogens (tertiary/aromatic N) is 4. The van der Waals surface area contributed by atoms with E-state index in [0.29, 0.717) is 12.0 Å². The molecule has 0 spiro atoms. The highest BCUT2D eigenvalue weighted by molar-refractivity contribution is 5.90. The van der Waals surface area contributed by atoms with Gasteiger partial charge in [-0.2, -0.15) is 0 Å². The number of piperidine rings is 1. The number of hydrogen-bond donors (Lipinski definition) is 0. The molecule has 1 aliphatic carbocycles. The number of aromatic nitrogens is 3. The van der Waals surface area contributed by atoms with E-state index in [1.54, 1.807) is 0 Å². The standard InChI is InChI=1S/C24H30N4/c1-17(2)28-16-25-24-22(28)14-21(26-23(24)20-6-4-3-5-7-20)19-10-12-27(13-11-19)15-18-8-9-18/h3-7,14,16-19H,8-13,15H2,1-2H3. The fraction of sp³-hybridized carbons (Fsp3) is 0.500. The summed E-state index contributed by atoms with van der Waals surface area (Å²) in [6, 6.07) is 13.2. The zero-order valence-corrected chi connectivity index (χ0v) is 17.0. The summed E-state index contributed by atoms with van der Waals surface area (Å²) in [6.07, 6.45) is 7.30. The maximum Gasteiger partial charge on any atom is 0.115 e. The van der Waals surface area contributed by atoms with Gasteiger partial charge in [0.05, 0.1) is 17.5 Å². The van der Waals surface area contributed by atoms with Crippen LogP contribution in [0.2, 0.25) is 0 Å². The van der Waals surface area contributed by atoms with Gasteiger partial charge < -0.3 is 9.47 Å². The van der Waals surface area contributed by atoms with Crippen molar-refractivity contribution in [2.45, 2.75) is 51.5 Å². The lowest BCUT2D eigenvalue weighted by Gasteiger charge is -2.32. The molecule has 1 saturated heterocycles.